The Bertz CT molecular complexity index is 640. The molecule has 0 saturated heterocycles. The molecule has 0 bridgehead atoms. The summed E-state index contributed by atoms with van der Waals surface area (Å²) in [5.74, 6) is -3.44. The van der Waals surface area contributed by atoms with Gasteiger partial charge in [-0.05, 0) is 62.3 Å². The van der Waals surface area contributed by atoms with Gasteiger partial charge in [-0.3, -0.25) is 19.2 Å². The molecule has 0 rings (SSSR count). The summed E-state index contributed by atoms with van der Waals surface area (Å²) in [5.41, 5.74) is -2.41. The molecule has 3 N–H and O–H groups in total. The van der Waals surface area contributed by atoms with Crippen molar-refractivity contribution >= 4 is 29.8 Å². The van der Waals surface area contributed by atoms with Crippen LogP contribution in [0.1, 0.15) is 62.3 Å². The lowest BCUT2D eigenvalue weighted by Crippen LogP contribution is -2.57. The Hall–Kier alpha value is -2.85. The number of amides is 3. The van der Waals surface area contributed by atoms with Crippen molar-refractivity contribution in [3.8, 4) is 0 Å². The summed E-state index contributed by atoms with van der Waals surface area (Å²) in [6.45, 7) is 13.7. The molecule has 0 atom stereocenters. The van der Waals surface area contributed by atoms with Crippen molar-refractivity contribution in [1.82, 2.24) is 16.0 Å². The van der Waals surface area contributed by atoms with E-state index in [1.807, 2.05) is 0 Å². The first-order valence-corrected chi connectivity index (χ1v) is 9.78. The average Bonchev–Trinajstić information content (AvgIpc) is 2.50. The summed E-state index contributed by atoms with van der Waals surface area (Å²) >= 11 is 0. The minimum atomic E-state index is -1.76. The highest BCUT2D eigenvalue weighted by molar-refractivity contribution is 6.07. The third kappa shape index (κ3) is 14.7. The van der Waals surface area contributed by atoms with Crippen LogP contribution in [0.2, 0.25) is 0 Å². The maximum absolute atomic E-state index is 12.5. The Morgan fingerprint density at radius 1 is 0.613 bits per heavy atom. The molecule has 11 nitrogen and oxygen atoms in total. The van der Waals surface area contributed by atoms with Gasteiger partial charge in [0.15, 0.2) is 6.04 Å². The molecule has 0 heterocycles. The second-order valence-corrected chi connectivity index (χ2v) is 9.69. The van der Waals surface area contributed by atoms with Crippen LogP contribution in [0.5, 0.6) is 0 Å². The van der Waals surface area contributed by atoms with Gasteiger partial charge in [0.2, 0.25) is 0 Å². The Morgan fingerprint density at radius 2 is 0.935 bits per heavy atom. The van der Waals surface area contributed by atoms with Crippen molar-refractivity contribution in [3.05, 3.63) is 0 Å². The first kappa shape index (κ1) is 28.1. The maximum Gasteiger partial charge on any atom is 0.408 e. The van der Waals surface area contributed by atoms with E-state index in [1.165, 1.54) is 0 Å². The molecule has 0 radical (unpaired) electrons. The number of alkyl carbamates (subject to hydrolysis) is 1. The second-order valence-electron chi connectivity index (χ2n) is 9.69. The molecule has 0 unspecified atom stereocenters. The molecule has 11 heteroatoms. The van der Waals surface area contributed by atoms with E-state index < -0.39 is 65.8 Å². The van der Waals surface area contributed by atoms with Gasteiger partial charge in [-0.2, -0.15) is 0 Å². The molecule has 0 aliphatic heterocycles. The lowest BCUT2D eigenvalue weighted by molar-refractivity contribution is -0.154. The van der Waals surface area contributed by atoms with Crippen LogP contribution in [0.25, 0.3) is 0 Å². The van der Waals surface area contributed by atoms with Crippen LogP contribution < -0.4 is 16.0 Å². The summed E-state index contributed by atoms with van der Waals surface area (Å²) < 4.78 is 15.2. The quantitative estimate of drug-likeness (QED) is 0.296. The van der Waals surface area contributed by atoms with Crippen LogP contribution in [-0.4, -0.2) is 65.8 Å². The molecule has 0 aliphatic rings. The predicted octanol–water partition coefficient (Wildman–Crippen LogP) is 0.796. The predicted molar refractivity (Wildman–Crippen MR) is 111 cm³/mol. The first-order chi connectivity index (χ1) is 13.8. The standard InChI is InChI=1S/C20H35N3O8/c1-18(2,3)29-12(24)10-21-15(26)14(23-17(28)31-20(7,8)9)16(27)22-11-13(25)30-19(4,5)6/h14H,10-11H2,1-9H3,(H,21,26)(H,22,27)(H,23,28). The summed E-state index contributed by atoms with van der Waals surface area (Å²) in [6, 6.07) is -1.76. The summed E-state index contributed by atoms with van der Waals surface area (Å²) in [4.78, 5) is 60.6. The van der Waals surface area contributed by atoms with Crippen molar-refractivity contribution < 1.29 is 38.2 Å². The number of ether oxygens (including phenoxy) is 3. The fourth-order valence-corrected chi connectivity index (χ4v) is 1.95. The summed E-state index contributed by atoms with van der Waals surface area (Å²) in [7, 11) is 0. The smallest absolute Gasteiger partial charge is 0.408 e. The Morgan fingerprint density at radius 3 is 1.23 bits per heavy atom. The Balaban J connectivity index is 5.15. The van der Waals surface area contributed by atoms with Crippen LogP contribution in [0.4, 0.5) is 4.79 Å². The molecule has 31 heavy (non-hydrogen) atoms. The van der Waals surface area contributed by atoms with E-state index in [9.17, 15) is 24.0 Å². The molecular formula is C20H35N3O8. The van der Waals surface area contributed by atoms with Crippen molar-refractivity contribution in [3.63, 3.8) is 0 Å². The average molecular weight is 446 g/mol. The molecule has 0 aliphatic carbocycles. The van der Waals surface area contributed by atoms with Crippen molar-refractivity contribution in [2.24, 2.45) is 0 Å². The van der Waals surface area contributed by atoms with Crippen molar-refractivity contribution in [2.75, 3.05) is 13.1 Å². The van der Waals surface area contributed by atoms with Crippen molar-refractivity contribution in [1.29, 1.82) is 0 Å². The van der Waals surface area contributed by atoms with Crippen LogP contribution in [0.3, 0.4) is 0 Å². The Kier molecular flexibility index (Phi) is 9.96. The lowest BCUT2D eigenvalue weighted by atomic mass is 10.2. The molecule has 0 fully saturated rings. The minimum Gasteiger partial charge on any atom is -0.459 e. The highest BCUT2D eigenvalue weighted by Crippen LogP contribution is 2.08. The largest absolute Gasteiger partial charge is 0.459 e. The van der Waals surface area contributed by atoms with Gasteiger partial charge in [0, 0.05) is 0 Å². The Labute approximate surface area is 182 Å². The second kappa shape index (κ2) is 11.0. The van der Waals surface area contributed by atoms with Crippen LogP contribution in [0.15, 0.2) is 0 Å². The van der Waals surface area contributed by atoms with Crippen molar-refractivity contribution in [2.45, 2.75) is 85.2 Å². The maximum atomic E-state index is 12.5. The molecule has 3 amide bonds. The van der Waals surface area contributed by atoms with E-state index in [-0.39, 0.29) is 0 Å². The van der Waals surface area contributed by atoms with Gasteiger partial charge in [-0.15, -0.1) is 0 Å². The lowest BCUT2D eigenvalue weighted by Gasteiger charge is -2.23. The normalized spacial score (nSPS) is 11.9. The van der Waals surface area contributed by atoms with Gasteiger partial charge in [0.25, 0.3) is 11.8 Å². The zero-order chi connectivity index (χ0) is 24.6. The van der Waals surface area contributed by atoms with E-state index in [1.54, 1.807) is 62.3 Å². The molecule has 178 valence electrons. The molecular weight excluding hydrogens is 410 g/mol. The number of hydrogen-bond acceptors (Lipinski definition) is 8. The number of carbonyl (C=O) groups is 5. The summed E-state index contributed by atoms with van der Waals surface area (Å²) in [6.07, 6.45) is -1.03. The van der Waals surface area contributed by atoms with Gasteiger partial charge < -0.3 is 30.2 Å². The van der Waals surface area contributed by atoms with Gasteiger partial charge in [0.1, 0.15) is 29.9 Å². The number of esters is 2. The number of hydrogen-bond donors (Lipinski definition) is 3. The zero-order valence-electron chi connectivity index (χ0n) is 19.8. The first-order valence-electron chi connectivity index (χ1n) is 9.78. The zero-order valence-corrected chi connectivity index (χ0v) is 19.8. The number of carbonyl (C=O) groups excluding carboxylic acids is 5. The SMILES string of the molecule is CC(C)(C)OC(=O)CNC(=O)C(NC(=O)OC(C)(C)C)C(=O)NCC(=O)OC(C)(C)C. The topological polar surface area (TPSA) is 149 Å². The van der Waals surface area contributed by atoms with Gasteiger partial charge in [0.05, 0.1) is 0 Å². The fraction of sp³-hybridized carbons (Fsp3) is 0.750. The van der Waals surface area contributed by atoms with Gasteiger partial charge >= 0.3 is 18.0 Å². The van der Waals surface area contributed by atoms with E-state index in [0.717, 1.165) is 0 Å². The molecule has 0 aromatic rings. The van der Waals surface area contributed by atoms with Crippen LogP contribution in [-0.2, 0) is 33.4 Å². The third-order valence-corrected chi connectivity index (χ3v) is 2.84. The molecule has 0 spiro atoms. The van der Waals surface area contributed by atoms with E-state index in [0.29, 0.717) is 0 Å². The minimum absolute atomic E-state index is 0.526. The van der Waals surface area contributed by atoms with Gasteiger partial charge in [-0.1, -0.05) is 0 Å². The van der Waals surface area contributed by atoms with E-state index in [4.69, 9.17) is 14.2 Å². The van der Waals surface area contributed by atoms with Crippen LogP contribution >= 0.6 is 0 Å². The number of rotatable bonds is 7. The molecule has 0 aromatic carbocycles. The van der Waals surface area contributed by atoms with E-state index >= 15 is 0 Å². The molecule has 0 saturated carbocycles. The summed E-state index contributed by atoms with van der Waals surface area (Å²) in [5, 5.41) is 6.57. The highest BCUT2D eigenvalue weighted by Gasteiger charge is 2.31. The highest BCUT2D eigenvalue weighted by atomic mass is 16.6. The van der Waals surface area contributed by atoms with Gasteiger partial charge in [-0.25, -0.2) is 4.79 Å². The third-order valence-electron chi connectivity index (χ3n) is 2.84. The fourth-order valence-electron chi connectivity index (χ4n) is 1.95. The van der Waals surface area contributed by atoms with E-state index in [2.05, 4.69) is 16.0 Å². The van der Waals surface area contributed by atoms with Crippen LogP contribution in [0, 0.1) is 0 Å². The molecule has 0 aromatic heterocycles. The monoisotopic (exact) mass is 445 g/mol. The number of nitrogens with one attached hydrogen (secondary N) is 3.